The van der Waals surface area contributed by atoms with Crippen LogP contribution in [0.3, 0.4) is 0 Å². The molecule has 0 bridgehead atoms. The van der Waals surface area contributed by atoms with E-state index < -0.39 is 0 Å². The predicted octanol–water partition coefficient (Wildman–Crippen LogP) is 4.20. The minimum absolute atomic E-state index is 0.00788. The van der Waals surface area contributed by atoms with Crippen molar-refractivity contribution in [2.45, 2.75) is 33.3 Å². The SMILES string of the molecule is Cc1nc(NCCc2cc3cc(Cl)c(OC(C)C)cc3[nH]c2=O)ccc1C#N. The largest absolute Gasteiger partial charge is 0.489 e. The number of hydrogen-bond donors (Lipinski definition) is 2. The van der Waals surface area contributed by atoms with Gasteiger partial charge >= 0.3 is 0 Å². The Labute approximate surface area is 168 Å². The molecule has 0 aliphatic carbocycles. The number of ether oxygens (including phenoxy) is 1. The molecule has 6 nitrogen and oxygen atoms in total. The molecule has 2 aromatic heterocycles. The van der Waals surface area contributed by atoms with Crippen molar-refractivity contribution in [1.29, 1.82) is 5.26 Å². The van der Waals surface area contributed by atoms with Gasteiger partial charge in [0.2, 0.25) is 0 Å². The monoisotopic (exact) mass is 396 g/mol. The lowest BCUT2D eigenvalue weighted by atomic mass is 10.1. The van der Waals surface area contributed by atoms with Gasteiger partial charge in [0.1, 0.15) is 17.6 Å². The van der Waals surface area contributed by atoms with Crippen LogP contribution in [0.5, 0.6) is 5.75 Å². The third kappa shape index (κ3) is 4.44. The van der Waals surface area contributed by atoms with Crippen molar-refractivity contribution < 1.29 is 4.74 Å². The van der Waals surface area contributed by atoms with Gasteiger partial charge in [-0.25, -0.2) is 4.98 Å². The number of aryl methyl sites for hydroxylation is 1. The number of H-pyrrole nitrogens is 1. The van der Waals surface area contributed by atoms with Crippen molar-refractivity contribution >= 4 is 28.3 Å². The molecule has 0 atom stereocenters. The van der Waals surface area contributed by atoms with E-state index in [0.29, 0.717) is 51.9 Å². The molecule has 3 aromatic rings. The molecule has 0 radical (unpaired) electrons. The zero-order valence-corrected chi connectivity index (χ0v) is 16.7. The van der Waals surface area contributed by atoms with Gasteiger partial charge in [-0.2, -0.15) is 5.26 Å². The molecule has 0 unspecified atom stereocenters. The van der Waals surface area contributed by atoms with E-state index in [4.69, 9.17) is 21.6 Å². The summed E-state index contributed by atoms with van der Waals surface area (Å²) in [7, 11) is 0. The second-order valence-corrected chi connectivity index (χ2v) is 7.19. The second-order valence-electron chi connectivity index (χ2n) is 6.78. The third-order valence-electron chi connectivity index (χ3n) is 4.24. The molecule has 0 fully saturated rings. The lowest BCUT2D eigenvalue weighted by molar-refractivity contribution is 0.243. The summed E-state index contributed by atoms with van der Waals surface area (Å²) in [6.07, 6.45) is 0.514. The van der Waals surface area contributed by atoms with Crippen molar-refractivity contribution in [3.05, 3.63) is 62.5 Å². The van der Waals surface area contributed by atoms with Crippen LogP contribution in [0, 0.1) is 18.3 Å². The summed E-state index contributed by atoms with van der Waals surface area (Å²) < 4.78 is 5.67. The van der Waals surface area contributed by atoms with E-state index in [-0.39, 0.29) is 11.7 Å². The summed E-state index contributed by atoms with van der Waals surface area (Å²) in [4.78, 5) is 19.7. The number of hydrogen-bond acceptors (Lipinski definition) is 5. The average molecular weight is 397 g/mol. The highest BCUT2D eigenvalue weighted by molar-refractivity contribution is 6.32. The van der Waals surface area contributed by atoms with E-state index in [0.717, 1.165) is 5.39 Å². The molecule has 7 heteroatoms. The summed E-state index contributed by atoms with van der Waals surface area (Å²) in [6.45, 7) is 6.17. The Kier molecular flexibility index (Phi) is 5.86. The van der Waals surface area contributed by atoms with Crippen LogP contribution in [0.25, 0.3) is 10.9 Å². The highest BCUT2D eigenvalue weighted by Gasteiger charge is 2.10. The van der Waals surface area contributed by atoms with Crippen molar-refractivity contribution in [3.63, 3.8) is 0 Å². The minimum Gasteiger partial charge on any atom is -0.489 e. The minimum atomic E-state index is -0.143. The summed E-state index contributed by atoms with van der Waals surface area (Å²) in [6, 6.07) is 11.0. The molecule has 2 N–H and O–H groups in total. The smallest absolute Gasteiger partial charge is 0.251 e. The maximum atomic E-state index is 12.4. The third-order valence-corrected chi connectivity index (χ3v) is 4.54. The van der Waals surface area contributed by atoms with Crippen LogP contribution in [0.4, 0.5) is 5.82 Å². The molecule has 28 heavy (non-hydrogen) atoms. The first-order valence-electron chi connectivity index (χ1n) is 9.01. The number of rotatable bonds is 6. The van der Waals surface area contributed by atoms with Crippen molar-refractivity contribution in [2.24, 2.45) is 0 Å². The van der Waals surface area contributed by atoms with Crippen LogP contribution >= 0.6 is 11.6 Å². The van der Waals surface area contributed by atoms with Crippen LogP contribution in [0.15, 0.2) is 35.1 Å². The van der Waals surface area contributed by atoms with Gasteiger partial charge in [0, 0.05) is 23.6 Å². The maximum absolute atomic E-state index is 12.4. The first-order valence-corrected chi connectivity index (χ1v) is 9.39. The number of nitriles is 1. The van der Waals surface area contributed by atoms with Crippen LogP contribution < -0.4 is 15.6 Å². The summed E-state index contributed by atoms with van der Waals surface area (Å²) in [5.74, 6) is 1.23. The van der Waals surface area contributed by atoms with Crippen LogP contribution in [0.1, 0.15) is 30.7 Å². The van der Waals surface area contributed by atoms with Crippen LogP contribution in [-0.4, -0.2) is 22.6 Å². The molecule has 0 saturated heterocycles. The highest BCUT2D eigenvalue weighted by Crippen LogP contribution is 2.30. The molecule has 0 amide bonds. The quantitative estimate of drug-likeness (QED) is 0.651. The lowest BCUT2D eigenvalue weighted by Crippen LogP contribution is -2.16. The van der Waals surface area contributed by atoms with Gasteiger partial charge in [-0.1, -0.05) is 11.6 Å². The predicted molar refractivity (Wildman–Crippen MR) is 111 cm³/mol. The molecular weight excluding hydrogens is 376 g/mol. The van der Waals surface area contributed by atoms with Crippen molar-refractivity contribution in [1.82, 2.24) is 9.97 Å². The molecule has 0 saturated carbocycles. The van der Waals surface area contributed by atoms with Gasteiger partial charge in [0.25, 0.3) is 5.56 Å². The van der Waals surface area contributed by atoms with Crippen molar-refractivity contribution in [3.8, 4) is 11.8 Å². The fourth-order valence-electron chi connectivity index (χ4n) is 2.89. The molecular formula is C21H21ClN4O2. The number of aromatic amines is 1. The molecule has 3 rings (SSSR count). The molecule has 2 heterocycles. The Balaban J connectivity index is 1.76. The molecule has 0 aliphatic heterocycles. The number of pyridine rings is 2. The molecule has 1 aromatic carbocycles. The Morgan fingerprint density at radius 2 is 2.11 bits per heavy atom. The topological polar surface area (TPSA) is 90.8 Å². The molecule has 144 valence electrons. The van der Waals surface area contributed by atoms with E-state index in [1.165, 1.54) is 0 Å². The number of halogens is 1. The Bertz CT molecular complexity index is 1120. The maximum Gasteiger partial charge on any atom is 0.251 e. The number of nitrogens with one attached hydrogen (secondary N) is 2. The van der Waals surface area contributed by atoms with Crippen LogP contribution in [0.2, 0.25) is 5.02 Å². The Hall–Kier alpha value is -3.04. The lowest BCUT2D eigenvalue weighted by Gasteiger charge is -2.13. The van der Waals surface area contributed by atoms with Gasteiger partial charge in [-0.3, -0.25) is 4.79 Å². The summed E-state index contributed by atoms with van der Waals surface area (Å²) >= 11 is 6.30. The first-order chi connectivity index (χ1) is 13.4. The number of nitrogens with zero attached hydrogens (tertiary/aromatic N) is 2. The summed E-state index contributed by atoms with van der Waals surface area (Å²) in [5.41, 5.74) is 2.42. The Morgan fingerprint density at radius 1 is 1.32 bits per heavy atom. The van der Waals surface area contributed by atoms with Gasteiger partial charge in [-0.05, 0) is 51.5 Å². The van der Waals surface area contributed by atoms with Gasteiger partial charge in [-0.15, -0.1) is 0 Å². The number of fused-ring (bicyclic) bond motifs is 1. The van der Waals surface area contributed by atoms with E-state index in [9.17, 15) is 4.79 Å². The second kappa shape index (κ2) is 8.32. The van der Waals surface area contributed by atoms with Gasteiger partial charge in [0.15, 0.2) is 0 Å². The molecule has 0 spiro atoms. The highest BCUT2D eigenvalue weighted by atomic mass is 35.5. The zero-order valence-electron chi connectivity index (χ0n) is 16.0. The number of benzene rings is 1. The van der Waals surface area contributed by atoms with Crippen molar-refractivity contribution in [2.75, 3.05) is 11.9 Å². The normalized spacial score (nSPS) is 10.9. The Morgan fingerprint density at radius 3 is 2.79 bits per heavy atom. The van der Waals surface area contributed by atoms with E-state index in [1.807, 2.05) is 19.9 Å². The molecule has 0 aliphatic rings. The number of anilines is 1. The first kappa shape index (κ1) is 19.7. The van der Waals surface area contributed by atoms with Gasteiger partial charge < -0.3 is 15.0 Å². The average Bonchev–Trinajstić information content (AvgIpc) is 2.63. The summed E-state index contributed by atoms with van der Waals surface area (Å²) in [5, 5.41) is 13.5. The van der Waals surface area contributed by atoms with E-state index in [1.54, 1.807) is 31.2 Å². The van der Waals surface area contributed by atoms with E-state index >= 15 is 0 Å². The van der Waals surface area contributed by atoms with Crippen LogP contribution in [-0.2, 0) is 6.42 Å². The zero-order chi connectivity index (χ0) is 20.3. The fraction of sp³-hybridized carbons (Fsp3) is 0.286. The van der Waals surface area contributed by atoms with E-state index in [2.05, 4.69) is 21.4 Å². The standard InChI is InChI=1S/C21H21ClN4O2/c1-12(2)28-19-10-18-16(9-17(19)22)8-14(21(27)26-18)6-7-24-20-5-4-15(11-23)13(3)25-20/h4-5,8-10,12H,6-7H2,1-3H3,(H,24,25)(H,26,27). The van der Waals surface area contributed by atoms with Gasteiger partial charge in [0.05, 0.1) is 27.9 Å². The number of aromatic nitrogens is 2. The fourth-order valence-corrected chi connectivity index (χ4v) is 3.10.